The maximum atomic E-state index is 12.6. The number of azo groups is 1. The molecule has 0 saturated carbocycles. The number of rotatable bonds is 4. The van der Waals surface area contributed by atoms with Crippen molar-refractivity contribution in [1.29, 1.82) is 0 Å². The van der Waals surface area contributed by atoms with Crippen LogP contribution in [0.25, 0.3) is 0 Å². The highest BCUT2D eigenvalue weighted by atomic mass is 19.4. The summed E-state index contributed by atoms with van der Waals surface area (Å²) in [7, 11) is 0. The topological polar surface area (TPSA) is 84.9 Å². The van der Waals surface area contributed by atoms with Gasteiger partial charge in [0.25, 0.3) is 5.91 Å². The van der Waals surface area contributed by atoms with Gasteiger partial charge in [0.15, 0.2) is 5.78 Å². The number of nitrogens with zero attached hydrogens (tertiary/aromatic N) is 2. The fourth-order valence-electron chi connectivity index (χ4n) is 1.26. The van der Waals surface area contributed by atoms with Crippen LogP contribution in [0, 0.1) is 0 Å². The van der Waals surface area contributed by atoms with E-state index in [0.29, 0.717) is 0 Å². The first-order valence-electron chi connectivity index (χ1n) is 5.10. The Balaban J connectivity index is 3.12. The van der Waals surface area contributed by atoms with E-state index in [-0.39, 0.29) is 0 Å². The van der Waals surface area contributed by atoms with Crippen molar-refractivity contribution in [3.8, 4) is 0 Å². The van der Waals surface area contributed by atoms with Crippen LogP contribution < -0.4 is 5.73 Å². The molecule has 0 aliphatic heterocycles. The molecule has 1 rings (SSSR count). The van der Waals surface area contributed by atoms with Crippen molar-refractivity contribution < 1.29 is 22.8 Å². The van der Waals surface area contributed by atoms with E-state index in [1.807, 2.05) is 0 Å². The average molecular weight is 273 g/mol. The van der Waals surface area contributed by atoms with E-state index in [9.17, 15) is 22.8 Å². The first kappa shape index (κ1) is 14.8. The van der Waals surface area contributed by atoms with Gasteiger partial charge in [-0.3, -0.25) is 9.59 Å². The first-order chi connectivity index (χ1) is 8.73. The number of alkyl halides is 3. The average Bonchev–Trinajstić information content (AvgIpc) is 2.27. The summed E-state index contributed by atoms with van der Waals surface area (Å²) in [6, 6.07) is 2.84. The van der Waals surface area contributed by atoms with Gasteiger partial charge < -0.3 is 5.73 Å². The SMILES string of the molecule is CC(=O)C(N=Nc1ccccc1C(F)(F)F)C(N)=O. The Bertz CT molecular complexity index is 512. The zero-order valence-corrected chi connectivity index (χ0v) is 9.81. The van der Waals surface area contributed by atoms with Crippen LogP contribution in [0.5, 0.6) is 0 Å². The molecule has 102 valence electrons. The van der Waals surface area contributed by atoms with Gasteiger partial charge in [-0.1, -0.05) is 12.1 Å². The lowest BCUT2D eigenvalue weighted by molar-refractivity contribution is -0.137. The molecule has 0 spiro atoms. The molecule has 0 aromatic heterocycles. The third-order valence-corrected chi connectivity index (χ3v) is 2.14. The molecule has 1 unspecified atom stereocenters. The van der Waals surface area contributed by atoms with E-state index in [0.717, 1.165) is 19.1 Å². The minimum Gasteiger partial charge on any atom is -0.367 e. The Morgan fingerprint density at radius 3 is 2.32 bits per heavy atom. The van der Waals surface area contributed by atoms with Crippen molar-refractivity contribution in [1.82, 2.24) is 0 Å². The smallest absolute Gasteiger partial charge is 0.367 e. The number of carbonyl (C=O) groups excluding carboxylic acids is 2. The molecule has 0 aliphatic carbocycles. The molecule has 19 heavy (non-hydrogen) atoms. The Morgan fingerprint density at radius 2 is 1.84 bits per heavy atom. The number of halogens is 3. The van der Waals surface area contributed by atoms with Gasteiger partial charge in [-0.2, -0.15) is 23.4 Å². The third-order valence-electron chi connectivity index (χ3n) is 2.14. The third kappa shape index (κ3) is 3.87. The molecule has 0 saturated heterocycles. The van der Waals surface area contributed by atoms with Gasteiger partial charge in [0.2, 0.25) is 6.04 Å². The summed E-state index contributed by atoms with van der Waals surface area (Å²) < 4.78 is 37.9. The molecule has 1 aromatic carbocycles. The fraction of sp³-hybridized carbons (Fsp3) is 0.273. The standard InChI is InChI=1S/C11H10F3N3O2/c1-6(18)9(10(15)19)17-16-8-5-3-2-4-7(8)11(12,13)14/h2-5,9H,1H3,(H2,15,19). The molecule has 5 nitrogen and oxygen atoms in total. The second-order valence-corrected chi connectivity index (χ2v) is 3.65. The summed E-state index contributed by atoms with van der Waals surface area (Å²) in [5.41, 5.74) is 3.40. The monoisotopic (exact) mass is 273 g/mol. The molecule has 0 aliphatic rings. The van der Waals surface area contributed by atoms with Crippen LogP contribution in [0.3, 0.4) is 0 Å². The number of ketones is 1. The molecule has 1 atom stereocenters. The lowest BCUT2D eigenvalue weighted by atomic mass is 10.2. The predicted octanol–water partition coefficient (Wildman–Crippen LogP) is 2.23. The number of hydrogen-bond donors (Lipinski definition) is 1. The summed E-state index contributed by atoms with van der Waals surface area (Å²) in [4.78, 5) is 21.9. The normalized spacial score (nSPS) is 13.5. The highest BCUT2D eigenvalue weighted by molar-refractivity contribution is 6.03. The summed E-state index contributed by atoms with van der Waals surface area (Å²) in [5, 5.41) is 6.57. The summed E-state index contributed by atoms with van der Waals surface area (Å²) in [5.74, 6) is -1.76. The van der Waals surface area contributed by atoms with Crippen LogP contribution in [0.4, 0.5) is 18.9 Å². The molecule has 8 heteroatoms. The highest BCUT2D eigenvalue weighted by Crippen LogP contribution is 2.36. The lowest BCUT2D eigenvalue weighted by Crippen LogP contribution is -2.32. The number of carbonyl (C=O) groups is 2. The van der Waals surface area contributed by atoms with E-state index in [1.54, 1.807) is 0 Å². The molecule has 0 fully saturated rings. The van der Waals surface area contributed by atoms with Gasteiger partial charge in [0.1, 0.15) is 0 Å². The number of hydrogen-bond acceptors (Lipinski definition) is 4. The van der Waals surface area contributed by atoms with Crippen molar-refractivity contribution in [2.24, 2.45) is 16.0 Å². The second kappa shape index (κ2) is 5.59. The second-order valence-electron chi connectivity index (χ2n) is 3.65. The molecule has 2 N–H and O–H groups in total. The quantitative estimate of drug-likeness (QED) is 0.673. The molecular formula is C11H10F3N3O2. The minimum absolute atomic E-state index is 0.484. The van der Waals surface area contributed by atoms with E-state index in [1.165, 1.54) is 12.1 Å². The summed E-state index contributed by atoms with van der Waals surface area (Å²) in [6.45, 7) is 1.05. The van der Waals surface area contributed by atoms with Crippen molar-refractivity contribution >= 4 is 17.4 Å². The maximum absolute atomic E-state index is 12.6. The summed E-state index contributed by atoms with van der Waals surface area (Å²) >= 11 is 0. The molecule has 0 heterocycles. The lowest BCUT2D eigenvalue weighted by Gasteiger charge is -2.09. The summed E-state index contributed by atoms with van der Waals surface area (Å²) in [6.07, 6.45) is -4.60. The van der Waals surface area contributed by atoms with Gasteiger partial charge >= 0.3 is 6.18 Å². The number of nitrogens with two attached hydrogens (primary N) is 1. The Morgan fingerprint density at radius 1 is 1.26 bits per heavy atom. The number of Topliss-reactive ketones (excluding diaryl/α,β-unsaturated/α-hetero) is 1. The van der Waals surface area contributed by atoms with Crippen LogP contribution in [0.1, 0.15) is 12.5 Å². The molecular weight excluding hydrogens is 263 g/mol. The zero-order chi connectivity index (χ0) is 14.6. The van der Waals surface area contributed by atoms with E-state index in [2.05, 4.69) is 10.2 Å². The minimum atomic E-state index is -4.60. The van der Waals surface area contributed by atoms with Crippen LogP contribution in [0.15, 0.2) is 34.5 Å². The van der Waals surface area contributed by atoms with Crippen molar-refractivity contribution in [3.63, 3.8) is 0 Å². The van der Waals surface area contributed by atoms with Crippen LogP contribution in [-0.4, -0.2) is 17.7 Å². The van der Waals surface area contributed by atoms with E-state index < -0.39 is 35.2 Å². The molecule has 0 bridgehead atoms. The number of amides is 1. The van der Waals surface area contributed by atoms with Crippen LogP contribution in [-0.2, 0) is 15.8 Å². The van der Waals surface area contributed by atoms with E-state index >= 15 is 0 Å². The van der Waals surface area contributed by atoms with Gasteiger partial charge in [-0.25, -0.2) is 0 Å². The Labute approximate surface area is 106 Å². The zero-order valence-electron chi connectivity index (χ0n) is 9.81. The molecule has 1 amide bonds. The van der Waals surface area contributed by atoms with Crippen LogP contribution >= 0.6 is 0 Å². The van der Waals surface area contributed by atoms with Gasteiger partial charge in [0, 0.05) is 0 Å². The number of primary amides is 1. The number of benzene rings is 1. The van der Waals surface area contributed by atoms with Gasteiger partial charge in [0.05, 0.1) is 11.3 Å². The maximum Gasteiger partial charge on any atom is 0.418 e. The molecule has 0 radical (unpaired) electrons. The Hall–Kier alpha value is -2.25. The first-order valence-corrected chi connectivity index (χ1v) is 5.10. The Kier molecular flexibility index (Phi) is 4.36. The fourth-order valence-corrected chi connectivity index (χ4v) is 1.26. The van der Waals surface area contributed by atoms with E-state index in [4.69, 9.17) is 5.73 Å². The van der Waals surface area contributed by atoms with Gasteiger partial charge in [-0.15, -0.1) is 0 Å². The van der Waals surface area contributed by atoms with Crippen molar-refractivity contribution in [3.05, 3.63) is 29.8 Å². The highest BCUT2D eigenvalue weighted by Gasteiger charge is 2.33. The predicted molar refractivity (Wildman–Crippen MR) is 59.6 cm³/mol. The van der Waals surface area contributed by atoms with Crippen molar-refractivity contribution in [2.45, 2.75) is 19.1 Å². The van der Waals surface area contributed by atoms with Crippen molar-refractivity contribution in [2.75, 3.05) is 0 Å². The largest absolute Gasteiger partial charge is 0.418 e. The van der Waals surface area contributed by atoms with Gasteiger partial charge in [-0.05, 0) is 19.1 Å². The van der Waals surface area contributed by atoms with Crippen LogP contribution in [0.2, 0.25) is 0 Å². The molecule has 1 aromatic rings.